The number of nitrogens with one attached hydrogen (secondary N) is 2. The van der Waals surface area contributed by atoms with Crippen LogP contribution >= 0.6 is 11.6 Å². The third-order valence-electron chi connectivity index (χ3n) is 3.38. The Morgan fingerprint density at radius 3 is 3.10 bits per heavy atom. The van der Waals surface area contributed by atoms with E-state index in [2.05, 4.69) is 15.5 Å². The molecule has 2 N–H and O–H groups in total. The van der Waals surface area contributed by atoms with Gasteiger partial charge in [-0.25, -0.2) is 4.39 Å². The Balaban J connectivity index is 2.08. The van der Waals surface area contributed by atoms with E-state index >= 15 is 0 Å². The van der Waals surface area contributed by atoms with Gasteiger partial charge in [0.05, 0.1) is 5.02 Å². The summed E-state index contributed by atoms with van der Waals surface area (Å²) in [4.78, 5) is 14.1. The van der Waals surface area contributed by atoms with E-state index in [1.807, 2.05) is 6.92 Å². The summed E-state index contributed by atoms with van der Waals surface area (Å²) in [7, 11) is 0. The van der Waals surface area contributed by atoms with Gasteiger partial charge in [0.1, 0.15) is 11.9 Å². The lowest BCUT2D eigenvalue weighted by Crippen LogP contribution is -2.57. The highest BCUT2D eigenvalue weighted by atomic mass is 35.5. The van der Waals surface area contributed by atoms with Crippen LogP contribution < -0.4 is 10.6 Å². The average Bonchev–Trinajstić information content (AvgIpc) is 2.44. The van der Waals surface area contributed by atoms with Crippen LogP contribution in [0.4, 0.5) is 4.39 Å². The molecule has 0 saturated carbocycles. The van der Waals surface area contributed by atoms with Gasteiger partial charge in [0, 0.05) is 32.7 Å². The fraction of sp³-hybridized carbons (Fsp3) is 0.500. The van der Waals surface area contributed by atoms with Crippen LogP contribution in [0.15, 0.2) is 18.2 Å². The predicted octanol–water partition coefficient (Wildman–Crippen LogP) is 1.39. The zero-order chi connectivity index (χ0) is 14.5. The number of carbonyl (C=O) groups is 1. The van der Waals surface area contributed by atoms with Crippen molar-refractivity contribution in [3.05, 3.63) is 34.6 Å². The average molecular weight is 300 g/mol. The van der Waals surface area contributed by atoms with Crippen molar-refractivity contribution in [2.24, 2.45) is 0 Å². The summed E-state index contributed by atoms with van der Waals surface area (Å²) >= 11 is 5.68. The molecule has 1 aliphatic heterocycles. The van der Waals surface area contributed by atoms with Crippen LogP contribution in [0.2, 0.25) is 5.02 Å². The van der Waals surface area contributed by atoms with Gasteiger partial charge >= 0.3 is 0 Å². The van der Waals surface area contributed by atoms with Crippen LogP contribution in [0.5, 0.6) is 0 Å². The van der Waals surface area contributed by atoms with Gasteiger partial charge in [-0.2, -0.15) is 0 Å². The molecular formula is C14H19ClFN3O. The summed E-state index contributed by atoms with van der Waals surface area (Å²) in [5, 5.41) is 6.17. The Kier molecular flexibility index (Phi) is 5.34. The Labute approximate surface area is 123 Å². The molecule has 20 heavy (non-hydrogen) atoms. The SMILES string of the molecule is CCNC(=O)C1CNCCN1Cc1ccc(Cl)c(F)c1. The minimum absolute atomic E-state index is 0.00846. The Hall–Kier alpha value is -1.17. The van der Waals surface area contributed by atoms with Gasteiger partial charge in [0.2, 0.25) is 5.91 Å². The summed E-state index contributed by atoms with van der Waals surface area (Å²) in [5.74, 6) is -0.414. The van der Waals surface area contributed by atoms with Crippen LogP contribution in [-0.4, -0.2) is 43.0 Å². The van der Waals surface area contributed by atoms with E-state index in [0.717, 1.165) is 18.7 Å². The van der Waals surface area contributed by atoms with Crippen LogP contribution in [0.3, 0.4) is 0 Å². The normalized spacial score (nSPS) is 19.9. The van der Waals surface area contributed by atoms with Crippen LogP contribution in [0.25, 0.3) is 0 Å². The molecule has 1 fully saturated rings. The third kappa shape index (κ3) is 3.69. The number of piperazine rings is 1. The number of benzene rings is 1. The number of amides is 1. The van der Waals surface area contributed by atoms with Crippen molar-refractivity contribution >= 4 is 17.5 Å². The number of hydrogen-bond acceptors (Lipinski definition) is 3. The van der Waals surface area contributed by atoms with Crippen molar-refractivity contribution in [3.8, 4) is 0 Å². The first-order chi connectivity index (χ1) is 9.61. The summed E-state index contributed by atoms with van der Waals surface area (Å²) in [6, 6.07) is 4.55. The first-order valence-corrected chi connectivity index (χ1v) is 7.16. The highest BCUT2D eigenvalue weighted by molar-refractivity contribution is 6.30. The molecule has 1 heterocycles. The van der Waals surface area contributed by atoms with Gasteiger partial charge in [0.25, 0.3) is 0 Å². The van der Waals surface area contributed by atoms with Crippen LogP contribution in [0, 0.1) is 5.82 Å². The molecule has 110 valence electrons. The van der Waals surface area contributed by atoms with Gasteiger partial charge in [-0.05, 0) is 24.6 Å². The maximum absolute atomic E-state index is 13.5. The van der Waals surface area contributed by atoms with Crippen molar-refractivity contribution in [2.45, 2.75) is 19.5 Å². The van der Waals surface area contributed by atoms with Gasteiger partial charge < -0.3 is 10.6 Å². The summed E-state index contributed by atoms with van der Waals surface area (Å²) < 4.78 is 13.5. The second-order valence-corrected chi connectivity index (χ2v) is 5.24. The fourth-order valence-corrected chi connectivity index (χ4v) is 2.48. The topological polar surface area (TPSA) is 44.4 Å². The number of halogens is 2. The molecule has 0 bridgehead atoms. The zero-order valence-electron chi connectivity index (χ0n) is 11.5. The molecule has 0 aromatic heterocycles. The number of likely N-dealkylation sites (N-methyl/N-ethyl adjacent to an activating group) is 1. The lowest BCUT2D eigenvalue weighted by atomic mass is 10.1. The third-order valence-corrected chi connectivity index (χ3v) is 3.68. The minimum Gasteiger partial charge on any atom is -0.355 e. The van der Waals surface area contributed by atoms with Gasteiger partial charge in [-0.15, -0.1) is 0 Å². The van der Waals surface area contributed by atoms with E-state index in [0.29, 0.717) is 19.6 Å². The summed E-state index contributed by atoms with van der Waals surface area (Å²) in [5.41, 5.74) is 0.822. The molecule has 1 saturated heterocycles. The van der Waals surface area contributed by atoms with Crippen molar-refractivity contribution in [1.82, 2.24) is 15.5 Å². The van der Waals surface area contributed by atoms with E-state index < -0.39 is 5.82 Å². The van der Waals surface area contributed by atoms with Crippen molar-refractivity contribution in [2.75, 3.05) is 26.2 Å². The maximum atomic E-state index is 13.5. The monoisotopic (exact) mass is 299 g/mol. The molecule has 4 nitrogen and oxygen atoms in total. The van der Waals surface area contributed by atoms with Crippen LogP contribution in [0.1, 0.15) is 12.5 Å². The van der Waals surface area contributed by atoms with Crippen molar-refractivity contribution in [1.29, 1.82) is 0 Å². The quantitative estimate of drug-likeness (QED) is 0.883. The number of carbonyl (C=O) groups excluding carboxylic acids is 1. The molecule has 0 aliphatic carbocycles. The van der Waals surface area contributed by atoms with E-state index in [4.69, 9.17) is 11.6 Å². The Morgan fingerprint density at radius 2 is 2.40 bits per heavy atom. The number of rotatable bonds is 4. The lowest BCUT2D eigenvalue weighted by molar-refractivity contribution is -0.127. The highest BCUT2D eigenvalue weighted by Crippen LogP contribution is 2.18. The molecule has 0 spiro atoms. The molecule has 1 aromatic rings. The van der Waals surface area contributed by atoms with E-state index in [1.165, 1.54) is 6.07 Å². The smallest absolute Gasteiger partial charge is 0.238 e. The molecule has 6 heteroatoms. The molecule has 1 unspecified atom stereocenters. The number of hydrogen-bond donors (Lipinski definition) is 2. The highest BCUT2D eigenvalue weighted by Gasteiger charge is 2.28. The fourth-order valence-electron chi connectivity index (χ4n) is 2.36. The van der Waals surface area contributed by atoms with Crippen molar-refractivity contribution < 1.29 is 9.18 Å². The Morgan fingerprint density at radius 1 is 1.60 bits per heavy atom. The van der Waals surface area contributed by atoms with E-state index in [-0.39, 0.29) is 17.0 Å². The minimum atomic E-state index is -0.422. The molecular weight excluding hydrogens is 281 g/mol. The first kappa shape index (κ1) is 15.2. The largest absolute Gasteiger partial charge is 0.355 e. The van der Waals surface area contributed by atoms with Crippen LogP contribution in [-0.2, 0) is 11.3 Å². The second kappa shape index (κ2) is 7.02. The zero-order valence-corrected chi connectivity index (χ0v) is 12.2. The van der Waals surface area contributed by atoms with E-state index in [1.54, 1.807) is 12.1 Å². The molecule has 1 amide bonds. The summed E-state index contributed by atoms with van der Waals surface area (Å²) in [6.07, 6.45) is 0. The molecule has 1 aliphatic rings. The first-order valence-electron chi connectivity index (χ1n) is 6.78. The Bertz CT molecular complexity index is 483. The van der Waals surface area contributed by atoms with Gasteiger partial charge in [-0.1, -0.05) is 17.7 Å². The van der Waals surface area contributed by atoms with E-state index in [9.17, 15) is 9.18 Å². The summed E-state index contributed by atoms with van der Waals surface area (Å²) in [6.45, 7) is 5.24. The maximum Gasteiger partial charge on any atom is 0.238 e. The molecule has 1 atom stereocenters. The predicted molar refractivity (Wildman–Crippen MR) is 77.2 cm³/mol. The molecule has 2 rings (SSSR count). The standard InChI is InChI=1S/C14H19ClFN3O/c1-2-18-14(20)13-8-17-5-6-19(13)9-10-3-4-11(15)12(16)7-10/h3-4,7,13,17H,2,5-6,8-9H2,1H3,(H,18,20). The second-order valence-electron chi connectivity index (χ2n) is 4.83. The van der Waals surface area contributed by atoms with Gasteiger partial charge in [0.15, 0.2) is 0 Å². The lowest BCUT2D eigenvalue weighted by Gasteiger charge is -2.35. The molecule has 0 radical (unpaired) electrons. The molecule has 1 aromatic carbocycles. The van der Waals surface area contributed by atoms with Crippen molar-refractivity contribution in [3.63, 3.8) is 0 Å². The number of nitrogens with zero attached hydrogens (tertiary/aromatic N) is 1. The van der Waals surface area contributed by atoms with Gasteiger partial charge in [-0.3, -0.25) is 9.69 Å².